The van der Waals surface area contributed by atoms with Gasteiger partial charge in [-0.15, -0.1) is 11.6 Å². The van der Waals surface area contributed by atoms with Crippen LogP contribution in [-0.4, -0.2) is 16.7 Å². The lowest BCUT2D eigenvalue weighted by atomic mass is 10.3. The third-order valence-electron chi connectivity index (χ3n) is 1.23. The van der Waals surface area contributed by atoms with E-state index in [-0.39, 0.29) is 5.38 Å². The number of alkyl halides is 1. The van der Waals surface area contributed by atoms with E-state index < -0.39 is 6.23 Å². The summed E-state index contributed by atoms with van der Waals surface area (Å²) in [7, 11) is 0. The molecule has 2 N–H and O–H groups in total. The number of aliphatic hydroxyl groups is 1. The Hall–Kier alpha value is -0.470. The molecule has 0 aliphatic heterocycles. The highest BCUT2D eigenvalue weighted by molar-refractivity contribution is 6.21. The topological polar surface area (TPSA) is 32.3 Å². The quantitative estimate of drug-likeness (QED) is 0.403. The summed E-state index contributed by atoms with van der Waals surface area (Å²) in [5.74, 6) is 0. The molecular formula is C9H16ClNO. The predicted octanol–water partition coefficient (Wildman–Crippen LogP) is 2.00. The molecule has 3 heteroatoms. The maximum absolute atomic E-state index is 9.00. The number of hydrogen-bond acceptors (Lipinski definition) is 2. The standard InChI is InChI=1S/C9H16ClNO/c1-4-9(11-8(3)12)6-5-7(2)10/h4-8,11-12H,1-3H3/b6-5-,9-4+. The molecule has 0 aromatic carbocycles. The van der Waals surface area contributed by atoms with Gasteiger partial charge in [0.05, 0.1) is 0 Å². The van der Waals surface area contributed by atoms with Crippen molar-refractivity contribution in [3.63, 3.8) is 0 Å². The van der Waals surface area contributed by atoms with Crippen LogP contribution in [0.3, 0.4) is 0 Å². The normalized spacial score (nSPS) is 17.9. The Labute approximate surface area is 78.9 Å². The van der Waals surface area contributed by atoms with E-state index in [9.17, 15) is 0 Å². The second kappa shape index (κ2) is 6.09. The fraction of sp³-hybridized carbons (Fsp3) is 0.556. The van der Waals surface area contributed by atoms with Crippen LogP contribution in [0, 0.1) is 0 Å². The van der Waals surface area contributed by atoms with Gasteiger partial charge in [0.25, 0.3) is 0 Å². The molecule has 0 bridgehead atoms. The molecule has 0 aromatic heterocycles. The first-order valence-electron chi connectivity index (χ1n) is 3.99. The largest absolute Gasteiger partial charge is 0.374 e. The summed E-state index contributed by atoms with van der Waals surface area (Å²) in [6, 6.07) is 0. The Bertz CT molecular complexity index is 173. The van der Waals surface area contributed by atoms with Crippen LogP contribution in [0.2, 0.25) is 0 Å². The van der Waals surface area contributed by atoms with Crippen LogP contribution in [0.1, 0.15) is 20.8 Å². The zero-order chi connectivity index (χ0) is 9.56. The molecule has 2 unspecified atom stereocenters. The van der Waals surface area contributed by atoms with Crippen molar-refractivity contribution in [2.45, 2.75) is 32.4 Å². The number of allylic oxidation sites excluding steroid dienone is 3. The molecule has 0 radical (unpaired) electrons. The van der Waals surface area contributed by atoms with E-state index in [1.165, 1.54) is 0 Å². The van der Waals surface area contributed by atoms with Crippen molar-refractivity contribution in [1.29, 1.82) is 0 Å². The molecular weight excluding hydrogens is 174 g/mol. The van der Waals surface area contributed by atoms with Gasteiger partial charge in [-0.05, 0) is 26.8 Å². The van der Waals surface area contributed by atoms with Gasteiger partial charge in [0, 0.05) is 11.1 Å². The van der Waals surface area contributed by atoms with Gasteiger partial charge in [0.1, 0.15) is 6.23 Å². The second-order valence-electron chi connectivity index (χ2n) is 2.60. The maximum Gasteiger partial charge on any atom is 0.121 e. The van der Waals surface area contributed by atoms with Crippen molar-refractivity contribution in [3.8, 4) is 0 Å². The van der Waals surface area contributed by atoms with Crippen LogP contribution in [0.15, 0.2) is 23.9 Å². The molecule has 0 aromatic rings. The van der Waals surface area contributed by atoms with Crippen LogP contribution in [0.5, 0.6) is 0 Å². The van der Waals surface area contributed by atoms with Gasteiger partial charge in [0.15, 0.2) is 0 Å². The maximum atomic E-state index is 9.00. The van der Waals surface area contributed by atoms with Gasteiger partial charge >= 0.3 is 0 Å². The Morgan fingerprint density at radius 3 is 2.42 bits per heavy atom. The van der Waals surface area contributed by atoms with E-state index in [0.717, 1.165) is 5.70 Å². The second-order valence-corrected chi connectivity index (χ2v) is 3.29. The molecule has 0 heterocycles. The summed E-state index contributed by atoms with van der Waals surface area (Å²) in [6.45, 7) is 5.45. The molecule has 12 heavy (non-hydrogen) atoms. The molecule has 70 valence electrons. The highest BCUT2D eigenvalue weighted by Crippen LogP contribution is 1.99. The average molecular weight is 190 g/mol. The lowest BCUT2D eigenvalue weighted by molar-refractivity contribution is 0.170. The third kappa shape index (κ3) is 6.25. The van der Waals surface area contributed by atoms with Crippen molar-refractivity contribution in [1.82, 2.24) is 5.32 Å². The van der Waals surface area contributed by atoms with Crippen LogP contribution >= 0.6 is 11.6 Å². The van der Waals surface area contributed by atoms with Gasteiger partial charge in [-0.3, -0.25) is 0 Å². The Morgan fingerprint density at radius 1 is 1.50 bits per heavy atom. The van der Waals surface area contributed by atoms with Gasteiger partial charge in [-0.25, -0.2) is 0 Å². The van der Waals surface area contributed by atoms with Crippen molar-refractivity contribution >= 4 is 11.6 Å². The van der Waals surface area contributed by atoms with Gasteiger partial charge in [0.2, 0.25) is 0 Å². The van der Waals surface area contributed by atoms with E-state index in [1.807, 2.05) is 32.1 Å². The van der Waals surface area contributed by atoms with Gasteiger partial charge in [-0.2, -0.15) is 0 Å². The van der Waals surface area contributed by atoms with E-state index in [0.29, 0.717) is 0 Å². The summed E-state index contributed by atoms with van der Waals surface area (Å²) in [6.07, 6.45) is 5.05. The number of nitrogens with one attached hydrogen (secondary N) is 1. The van der Waals surface area contributed by atoms with Crippen LogP contribution in [0.25, 0.3) is 0 Å². The average Bonchev–Trinajstić information content (AvgIpc) is 1.97. The summed E-state index contributed by atoms with van der Waals surface area (Å²) in [4.78, 5) is 0. The molecule has 2 nitrogen and oxygen atoms in total. The van der Waals surface area contributed by atoms with E-state index in [4.69, 9.17) is 16.7 Å². The highest BCUT2D eigenvalue weighted by atomic mass is 35.5. The minimum absolute atomic E-state index is 0.00995. The molecule has 2 atom stereocenters. The number of aliphatic hydroxyl groups excluding tert-OH is 1. The third-order valence-corrected chi connectivity index (χ3v) is 1.37. The highest BCUT2D eigenvalue weighted by Gasteiger charge is 1.94. The minimum atomic E-state index is -0.536. The SMILES string of the molecule is C/C=C(\C=C/C(C)Cl)NC(C)O. The van der Waals surface area contributed by atoms with Crippen molar-refractivity contribution in [3.05, 3.63) is 23.9 Å². The summed E-state index contributed by atoms with van der Waals surface area (Å²) in [5.41, 5.74) is 0.873. The first-order chi connectivity index (χ1) is 5.56. The summed E-state index contributed by atoms with van der Waals surface area (Å²) >= 11 is 5.71. The van der Waals surface area contributed by atoms with Gasteiger partial charge in [-0.1, -0.05) is 12.2 Å². The molecule has 0 amide bonds. The molecule has 0 saturated heterocycles. The molecule has 0 aliphatic rings. The van der Waals surface area contributed by atoms with Gasteiger partial charge < -0.3 is 10.4 Å². The molecule has 0 aliphatic carbocycles. The van der Waals surface area contributed by atoms with Crippen LogP contribution < -0.4 is 5.32 Å². The first-order valence-corrected chi connectivity index (χ1v) is 4.43. The van der Waals surface area contributed by atoms with E-state index in [1.54, 1.807) is 6.92 Å². The lowest BCUT2D eigenvalue weighted by Gasteiger charge is -2.09. The summed E-state index contributed by atoms with van der Waals surface area (Å²) in [5, 5.41) is 11.9. The Morgan fingerprint density at radius 2 is 2.08 bits per heavy atom. The van der Waals surface area contributed by atoms with E-state index >= 15 is 0 Å². The fourth-order valence-corrected chi connectivity index (χ4v) is 0.778. The molecule has 0 fully saturated rings. The lowest BCUT2D eigenvalue weighted by Crippen LogP contribution is -2.23. The zero-order valence-corrected chi connectivity index (χ0v) is 8.47. The summed E-state index contributed by atoms with van der Waals surface area (Å²) < 4.78 is 0. The number of hydrogen-bond donors (Lipinski definition) is 2. The van der Waals surface area contributed by atoms with Crippen LogP contribution in [0.4, 0.5) is 0 Å². The minimum Gasteiger partial charge on any atom is -0.374 e. The van der Waals surface area contributed by atoms with Crippen molar-refractivity contribution in [2.24, 2.45) is 0 Å². The number of rotatable bonds is 4. The Kier molecular flexibility index (Phi) is 5.85. The fourth-order valence-electron chi connectivity index (χ4n) is 0.705. The molecule has 0 saturated carbocycles. The zero-order valence-electron chi connectivity index (χ0n) is 7.71. The van der Waals surface area contributed by atoms with Crippen LogP contribution in [-0.2, 0) is 0 Å². The van der Waals surface area contributed by atoms with E-state index in [2.05, 4.69) is 5.32 Å². The smallest absolute Gasteiger partial charge is 0.121 e. The molecule has 0 spiro atoms. The monoisotopic (exact) mass is 189 g/mol. The first kappa shape index (κ1) is 11.5. The van der Waals surface area contributed by atoms with Crippen molar-refractivity contribution < 1.29 is 5.11 Å². The van der Waals surface area contributed by atoms with Crippen molar-refractivity contribution in [2.75, 3.05) is 0 Å². The number of halogens is 1. The predicted molar refractivity (Wildman–Crippen MR) is 53.0 cm³/mol. The molecule has 0 rings (SSSR count). The Balaban J connectivity index is 4.02.